The summed E-state index contributed by atoms with van der Waals surface area (Å²) in [5, 5.41) is 7.51. The minimum atomic E-state index is -0.480. The molecule has 2 N–H and O–H groups in total. The van der Waals surface area contributed by atoms with E-state index >= 15 is 0 Å². The molecule has 1 aromatic heterocycles. The summed E-state index contributed by atoms with van der Waals surface area (Å²) in [6, 6.07) is 4.43. The molecule has 0 fully saturated rings. The van der Waals surface area contributed by atoms with Crippen molar-refractivity contribution in [2.45, 2.75) is 26.2 Å². The molecule has 25 heavy (non-hydrogen) atoms. The van der Waals surface area contributed by atoms with Gasteiger partial charge in [0.1, 0.15) is 5.82 Å². The van der Waals surface area contributed by atoms with Crippen molar-refractivity contribution >= 4 is 34.0 Å². The molecule has 1 aliphatic carbocycles. The van der Waals surface area contributed by atoms with E-state index in [2.05, 4.69) is 21.7 Å². The summed E-state index contributed by atoms with van der Waals surface area (Å²) in [5.74, 6) is -0.826. The highest BCUT2D eigenvalue weighted by Gasteiger charge is 2.20. The Morgan fingerprint density at radius 2 is 2.12 bits per heavy atom. The Kier molecular flexibility index (Phi) is 5.23. The van der Waals surface area contributed by atoms with Gasteiger partial charge in [-0.3, -0.25) is 9.59 Å². The number of benzene rings is 1. The SMILES string of the molecule is CC(=O)Nc1ccc(-c2csc(NC(=O)C3CC=CCC3)n2)c(F)c1. The summed E-state index contributed by atoms with van der Waals surface area (Å²) in [4.78, 5) is 27.6. The van der Waals surface area contributed by atoms with E-state index in [1.807, 2.05) is 6.08 Å². The third-order valence-electron chi connectivity index (χ3n) is 3.94. The number of rotatable bonds is 4. The van der Waals surface area contributed by atoms with E-state index in [1.54, 1.807) is 17.5 Å². The van der Waals surface area contributed by atoms with Gasteiger partial charge in [0, 0.05) is 29.5 Å². The number of nitrogens with zero attached hydrogens (tertiary/aromatic N) is 1. The second-order valence-electron chi connectivity index (χ2n) is 5.88. The number of amides is 2. The molecule has 0 saturated carbocycles. The number of thiazole rings is 1. The number of hydrogen-bond acceptors (Lipinski definition) is 4. The molecule has 0 aliphatic heterocycles. The lowest BCUT2D eigenvalue weighted by atomic mass is 9.94. The van der Waals surface area contributed by atoms with Crippen LogP contribution in [-0.4, -0.2) is 16.8 Å². The van der Waals surface area contributed by atoms with Crippen molar-refractivity contribution in [2.75, 3.05) is 10.6 Å². The van der Waals surface area contributed by atoms with Crippen molar-refractivity contribution in [3.8, 4) is 11.3 Å². The van der Waals surface area contributed by atoms with Gasteiger partial charge in [0.25, 0.3) is 0 Å². The van der Waals surface area contributed by atoms with Crippen LogP contribution in [0.5, 0.6) is 0 Å². The second-order valence-corrected chi connectivity index (χ2v) is 6.74. The first-order valence-electron chi connectivity index (χ1n) is 8.02. The number of anilines is 2. The van der Waals surface area contributed by atoms with Gasteiger partial charge in [-0.25, -0.2) is 9.37 Å². The Bertz CT molecular complexity index is 831. The summed E-state index contributed by atoms with van der Waals surface area (Å²) in [6.07, 6.45) is 6.59. The van der Waals surface area contributed by atoms with Crippen molar-refractivity contribution in [1.82, 2.24) is 4.98 Å². The second kappa shape index (κ2) is 7.57. The molecule has 1 unspecified atom stereocenters. The average molecular weight is 359 g/mol. The highest BCUT2D eigenvalue weighted by Crippen LogP contribution is 2.29. The van der Waals surface area contributed by atoms with Gasteiger partial charge in [-0.15, -0.1) is 11.3 Å². The summed E-state index contributed by atoms with van der Waals surface area (Å²) in [5.41, 5.74) is 1.17. The van der Waals surface area contributed by atoms with Gasteiger partial charge in [-0.05, 0) is 37.5 Å². The first-order chi connectivity index (χ1) is 12.0. The lowest BCUT2D eigenvalue weighted by Crippen LogP contribution is -2.23. The van der Waals surface area contributed by atoms with Crippen LogP contribution in [0.4, 0.5) is 15.2 Å². The average Bonchev–Trinajstić information content (AvgIpc) is 3.03. The van der Waals surface area contributed by atoms with E-state index in [0.29, 0.717) is 22.1 Å². The van der Waals surface area contributed by atoms with Gasteiger partial charge in [-0.1, -0.05) is 12.2 Å². The summed E-state index contributed by atoms with van der Waals surface area (Å²) >= 11 is 1.26. The van der Waals surface area contributed by atoms with Crippen molar-refractivity contribution in [3.63, 3.8) is 0 Å². The van der Waals surface area contributed by atoms with Crippen LogP contribution in [0.25, 0.3) is 11.3 Å². The minimum absolute atomic E-state index is 0.0361. The molecular weight excluding hydrogens is 341 g/mol. The van der Waals surface area contributed by atoms with Crippen LogP contribution in [0.2, 0.25) is 0 Å². The molecule has 0 bridgehead atoms. The topological polar surface area (TPSA) is 71.1 Å². The van der Waals surface area contributed by atoms with Crippen molar-refractivity contribution in [2.24, 2.45) is 5.92 Å². The molecule has 5 nitrogen and oxygen atoms in total. The Morgan fingerprint density at radius 1 is 1.28 bits per heavy atom. The third-order valence-corrected chi connectivity index (χ3v) is 4.70. The van der Waals surface area contributed by atoms with Gasteiger partial charge in [0.15, 0.2) is 5.13 Å². The van der Waals surface area contributed by atoms with E-state index in [-0.39, 0.29) is 17.7 Å². The van der Waals surface area contributed by atoms with Crippen molar-refractivity contribution in [3.05, 3.63) is 41.5 Å². The Hall–Kier alpha value is -2.54. The number of aromatic nitrogens is 1. The van der Waals surface area contributed by atoms with Crippen LogP contribution in [0, 0.1) is 11.7 Å². The van der Waals surface area contributed by atoms with Crippen LogP contribution in [0.3, 0.4) is 0 Å². The van der Waals surface area contributed by atoms with Gasteiger partial charge in [0.2, 0.25) is 11.8 Å². The van der Waals surface area contributed by atoms with Crippen LogP contribution < -0.4 is 10.6 Å². The summed E-state index contributed by atoms with van der Waals surface area (Å²) in [7, 11) is 0. The van der Waals surface area contributed by atoms with Crippen LogP contribution >= 0.6 is 11.3 Å². The monoisotopic (exact) mass is 359 g/mol. The maximum absolute atomic E-state index is 14.3. The van der Waals surface area contributed by atoms with Crippen LogP contribution in [0.1, 0.15) is 26.2 Å². The van der Waals surface area contributed by atoms with Gasteiger partial charge in [-0.2, -0.15) is 0 Å². The smallest absolute Gasteiger partial charge is 0.229 e. The van der Waals surface area contributed by atoms with E-state index in [1.165, 1.54) is 24.3 Å². The number of halogens is 1. The number of carbonyl (C=O) groups is 2. The van der Waals surface area contributed by atoms with E-state index in [0.717, 1.165) is 19.3 Å². The Labute approximate surface area is 149 Å². The van der Waals surface area contributed by atoms with Crippen molar-refractivity contribution < 1.29 is 14.0 Å². The zero-order valence-electron chi connectivity index (χ0n) is 13.7. The van der Waals surface area contributed by atoms with Crippen molar-refractivity contribution in [1.29, 1.82) is 0 Å². The molecule has 2 aromatic rings. The predicted octanol–water partition coefficient (Wildman–Crippen LogP) is 4.20. The lowest BCUT2D eigenvalue weighted by molar-refractivity contribution is -0.120. The van der Waals surface area contributed by atoms with E-state index in [9.17, 15) is 14.0 Å². The number of allylic oxidation sites excluding steroid dienone is 2. The fourth-order valence-electron chi connectivity index (χ4n) is 2.70. The fraction of sp³-hybridized carbons (Fsp3) is 0.278. The van der Waals surface area contributed by atoms with Crippen LogP contribution in [0.15, 0.2) is 35.7 Å². The highest BCUT2D eigenvalue weighted by atomic mass is 32.1. The molecule has 7 heteroatoms. The zero-order valence-corrected chi connectivity index (χ0v) is 14.5. The largest absolute Gasteiger partial charge is 0.326 e. The minimum Gasteiger partial charge on any atom is -0.326 e. The molecule has 2 amide bonds. The number of hydrogen-bond donors (Lipinski definition) is 2. The third kappa shape index (κ3) is 4.30. The molecule has 1 atom stereocenters. The first kappa shape index (κ1) is 17.3. The quantitative estimate of drug-likeness (QED) is 0.804. The molecule has 0 radical (unpaired) electrons. The maximum atomic E-state index is 14.3. The maximum Gasteiger partial charge on any atom is 0.229 e. The Morgan fingerprint density at radius 3 is 2.80 bits per heavy atom. The highest BCUT2D eigenvalue weighted by molar-refractivity contribution is 7.14. The molecule has 130 valence electrons. The predicted molar refractivity (Wildman–Crippen MR) is 96.9 cm³/mol. The van der Waals surface area contributed by atoms with E-state index < -0.39 is 5.82 Å². The van der Waals surface area contributed by atoms with Gasteiger partial charge < -0.3 is 10.6 Å². The summed E-state index contributed by atoms with van der Waals surface area (Å²) < 4.78 is 14.3. The standard InChI is InChI=1S/C18H18FN3O2S/c1-11(23)20-13-7-8-14(15(19)9-13)16-10-25-18(21-16)22-17(24)12-5-3-2-4-6-12/h2-3,7-10,12H,4-6H2,1H3,(H,20,23)(H,21,22,24). The summed E-state index contributed by atoms with van der Waals surface area (Å²) in [6.45, 7) is 1.36. The number of carbonyl (C=O) groups excluding carboxylic acids is 2. The zero-order chi connectivity index (χ0) is 17.8. The normalized spacial score (nSPS) is 16.5. The van der Waals surface area contributed by atoms with Crippen LogP contribution in [-0.2, 0) is 9.59 Å². The molecule has 0 spiro atoms. The fourth-order valence-corrected chi connectivity index (χ4v) is 3.41. The van der Waals surface area contributed by atoms with Gasteiger partial charge >= 0.3 is 0 Å². The molecule has 3 rings (SSSR count). The van der Waals surface area contributed by atoms with E-state index in [4.69, 9.17) is 0 Å². The Balaban J connectivity index is 1.71. The molecule has 1 aliphatic rings. The number of nitrogens with one attached hydrogen (secondary N) is 2. The van der Waals surface area contributed by atoms with Gasteiger partial charge in [0.05, 0.1) is 5.69 Å². The molecule has 0 saturated heterocycles. The molecule has 1 aromatic carbocycles. The molecule has 1 heterocycles. The first-order valence-corrected chi connectivity index (χ1v) is 8.90. The molecular formula is C18H18FN3O2S. The lowest BCUT2D eigenvalue weighted by Gasteiger charge is -2.15.